The summed E-state index contributed by atoms with van der Waals surface area (Å²) in [5.74, 6) is 0.169. The number of aromatic nitrogens is 1. The van der Waals surface area contributed by atoms with Gasteiger partial charge in [-0.2, -0.15) is 0 Å². The maximum atomic E-state index is 11.8. The van der Waals surface area contributed by atoms with Crippen LogP contribution in [0.25, 0.3) is 10.9 Å². The Balaban J connectivity index is 1.91. The van der Waals surface area contributed by atoms with E-state index < -0.39 is 6.10 Å². The van der Waals surface area contributed by atoms with E-state index in [1.807, 2.05) is 38.1 Å². The molecule has 0 bridgehead atoms. The smallest absolute Gasteiger partial charge is 0.315 e. The van der Waals surface area contributed by atoms with Gasteiger partial charge in [0.25, 0.3) is 0 Å². The first-order valence-corrected chi connectivity index (χ1v) is 7.78. The molecule has 0 saturated carbocycles. The molecule has 2 rings (SSSR count). The molecule has 0 spiro atoms. The second kappa shape index (κ2) is 7.78. The molecule has 1 aromatic heterocycles. The number of aromatic amines is 1. The third-order valence-electron chi connectivity index (χ3n) is 3.77. The van der Waals surface area contributed by atoms with Crippen LogP contribution in [0.1, 0.15) is 25.8 Å². The van der Waals surface area contributed by atoms with Crippen LogP contribution in [0.3, 0.4) is 0 Å². The van der Waals surface area contributed by atoms with Crippen LogP contribution < -0.4 is 16.2 Å². The summed E-state index contributed by atoms with van der Waals surface area (Å²) in [5, 5.41) is 16.0. The van der Waals surface area contributed by atoms with Gasteiger partial charge in [-0.15, -0.1) is 0 Å². The third-order valence-corrected chi connectivity index (χ3v) is 3.77. The SMILES string of the molecule is CC(C)C(O)CCNC(=O)NCc1cc(=O)[nH]c2ccccc12. The number of carbonyl (C=O) groups excluding carboxylic acids is 1. The summed E-state index contributed by atoms with van der Waals surface area (Å²) in [7, 11) is 0. The molecule has 0 aliphatic carbocycles. The molecule has 0 saturated heterocycles. The zero-order valence-electron chi connectivity index (χ0n) is 13.4. The molecule has 6 heteroatoms. The van der Waals surface area contributed by atoms with Crippen molar-refractivity contribution in [3.8, 4) is 0 Å². The van der Waals surface area contributed by atoms with Gasteiger partial charge in [-0.05, 0) is 24.0 Å². The molecule has 2 amide bonds. The molecule has 23 heavy (non-hydrogen) atoms. The van der Waals surface area contributed by atoms with Crippen molar-refractivity contribution in [2.75, 3.05) is 6.54 Å². The standard InChI is InChI=1S/C17H23N3O3/c1-11(2)15(21)7-8-18-17(23)19-10-12-9-16(22)20-14-6-4-3-5-13(12)14/h3-6,9,11,15,21H,7-8,10H2,1-2H3,(H,20,22)(H2,18,19,23). The molecule has 1 atom stereocenters. The van der Waals surface area contributed by atoms with E-state index in [2.05, 4.69) is 15.6 Å². The second-order valence-electron chi connectivity index (χ2n) is 5.91. The normalized spacial score (nSPS) is 12.3. The average Bonchev–Trinajstić information content (AvgIpc) is 2.52. The molecular formula is C17H23N3O3. The van der Waals surface area contributed by atoms with Gasteiger partial charge in [0, 0.05) is 30.1 Å². The number of rotatable bonds is 6. The zero-order chi connectivity index (χ0) is 16.8. The lowest BCUT2D eigenvalue weighted by atomic mass is 10.0. The zero-order valence-corrected chi connectivity index (χ0v) is 13.4. The first-order chi connectivity index (χ1) is 11.0. The van der Waals surface area contributed by atoms with E-state index in [1.165, 1.54) is 6.07 Å². The number of para-hydroxylation sites is 1. The highest BCUT2D eigenvalue weighted by molar-refractivity contribution is 5.82. The van der Waals surface area contributed by atoms with E-state index in [4.69, 9.17) is 0 Å². The van der Waals surface area contributed by atoms with E-state index in [0.717, 1.165) is 16.5 Å². The number of amides is 2. The predicted molar refractivity (Wildman–Crippen MR) is 90.3 cm³/mol. The highest BCUT2D eigenvalue weighted by Crippen LogP contribution is 2.14. The van der Waals surface area contributed by atoms with Crippen molar-refractivity contribution >= 4 is 16.9 Å². The van der Waals surface area contributed by atoms with Crippen molar-refractivity contribution in [3.63, 3.8) is 0 Å². The summed E-state index contributed by atoms with van der Waals surface area (Å²) in [6, 6.07) is 8.64. The van der Waals surface area contributed by atoms with Crippen LogP contribution >= 0.6 is 0 Å². The van der Waals surface area contributed by atoms with Gasteiger partial charge in [0.05, 0.1) is 6.10 Å². The fourth-order valence-corrected chi connectivity index (χ4v) is 2.33. The Kier molecular flexibility index (Phi) is 5.76. The van der Waals surface area contributed by atoms with Crippen LogP contribution in [0.2, 0.25) is 0 Å². The summed E-state index contributed by atoms with van der Waals surface area (Å²) in [6.45, 7) is 4.54. The van der Waals surface area contributed by atoms with Crippen molar-refractivity contribution in [2.24, 2.45) is 5.92 Å². The fraction of sp³-hybridized carbons (Fsp3) is 0.412. The van der Waals surface area contributed by atoms with Crippen LogP contribution in [-0.4, -0.2) is 28.8 Å². The van der Waals surface area contributed by atoms with E-state index >= 15 is 0 Å². The van der Waals surface area contributed by atoms with Gasteiger partial charge < -0.3 is 20.7 Å². The van der Waals surface area contributed by atoms with Gasteiger partial charge in [-0.3, -0.25) is 4.79 Å². The van der Waals surface area contributed by atoms with Crippen LogP contribution in [0.5, 0.6) is 0 Å². The molecule has 1 aromatic carbocycles. The lowest BCUT2D eigenvalue weighted by Gasteiger charge is -2.15. The van der Waals surface area contributed by atoms with Gasteiger partial charge in [0.15, 0.2) is 0 Å². The molecule has 4 N–H and O–H groups in total. The van der Waals surface area contributed by atoms with Crippen molar-refractivity contribution < 1.29 is 9.90 Å². The number of benzene rings is 1. The van der Waals surface area contributed by atoms with Crippen molar-refractivity contribution in [1.82, 2.24) is 15.6 Å². The molecule has 0 aliphatic heterocycles. The molecule has 0 fully saturated rings. The summed E-state index contributed by atoms with van der Waals surface area (Å²) < 4.78 is 0. The largest absolute Gasteiger partial charge is 0.393 e. The van der Waals surface area contributed by atoms with E-state index in [0.29, 0.717) is 13.0 Å². The van der Waals surface area contributed by atoms with Crippen LogP contribution in [-0.2, 0) is 6.54 Å². The highest BCUT2D eigenvalue weighted by atomic mass is 16.3. The number of aliphatic hydroxyl groups excluding tert-OH is 1. The summed E-state index contributed by atoms with van der Waals surface area (Å²) >= 11 is 0. The summed E-state index contributed by atoms with van der Waals surface area (Å²) in [5.41, 5.74) is 1.32. The maximum absolute atomic E-state index is 11.8. The molecule has 6 nitrogen and oxygen atoms in total. The molecule has 2 aromatic rings. The Bertz CT molecular complexity index is 724. The Hall–Kier alpha value is -2.34. The second-order valence-corrected chi connectivity index (χ2v) is 5.91. The third kappa shape index (κ3) is 4.82. The number of fused-ring (bicyclic) bond motifs is 1. The molecule has 124 valence electrons. The maximum Gasteiger partial charge on any atom is 0.315 e. The van der Waals surface area contributed by atoms with E-state index in [1.54, 1.807) is 0 Å². The molecule has 0 aliphatic rings. The van der Waals surface area contributed by atoms with Gasteiger partial charge >= 0.3 is 6.03 Å². The van der Waals surface area contributed by atoms with Crippen molar-refractivity contribution in [3.05, 3.63) is 46.2 Å². The summed E-state index contributed by atoms with van der Waals surface area (Å²) in [6.07, 6.45) is 0.0888. The Labute approximate surface area is 134 Å². The number of H-pyrrole nitrogens is 1. The minimum atomic E-state index is -0.424. The van der Waals surface area contributed by atoms with Crippen molar-refractivity contribution in [2.45, 2.75) is 32.9 Å². The van der Waals surface area contributed by atoms with Gasteiger partial charge in [0.1, 0.15) is 0 Å². The van der Waals surface area contributed by atoms with Gasteiger partial charge in [-0.25, -0.2) is 4.79 Å². The quantitative estimate of drug-likeness (QED) is 0.653. The lowest BCUT2D eigenvalue weighted by molar-refractivity contribution is 0.116. The monoisotopic (exact) mass is 317 g/mol. The van der Waals surface area contributed by atoms with Gasteiger partial charge in [0.2, 0.25) is 5.56 Å². The number of hydrogen-bond acceptors (Lipinski definition) is 3. The first kappa shape index (κ1) is 17.0. The topological polar surface area (TPSA) is 94.2 Å². The molecule has 1 heterocycles. The van der Waals surface area contributed by atoms with Crippen LogP contribution in [0, 0.1) is 5.92 Å². The number of urea groups is 1. The number of aliphatic hydroxyl groups is 1. The Morgan fingerprint density at radius 2 is 2.00 bits per heavy atom. The molecule has 0 radical (unpaired) electrons. The molecular weight excluding hydrogens is 294 g/mol. The minimum absolute atomic E-state index is 0.169. The van der Waals surface area contributed by atoms with Crippen LogP contribution in [0.15, 0.2) is 35.1 Å². The number of pyridine rings is 1. The van der Waals surface area contributed by atoms with E-state index in [-0.39, 0.29) is 24.1 Å². The molecule has 1 unspecified atom stereocenters. The van der Waals surface area contributed by atoms with Crippen molar-refractivity contribution in [1.29, 1.82) is 0 Å². The average molecular weight is 317 g/mol. The lowest BCUT2D eigenvalue weighted by Crippen LogP contribution is -2.37. The predicted octanol–water partition coefficient (Wildman–Crippen LogP) is 1.73. The van der Waals surface area contributed by atoms with Gasteiger partial charge in [-0.1, -0.05) is 32.0 Å². The summed E-state index contributed by atoms with van der Waals surface area (Å²) in [4.78, 5) is 26.2. The number of nitrogens with one attached hydrogen (secondary N) is 3. The Morgan fingerprint density at radius 1 is 1.26 bits per heavy atom. The number of carbonyl (C=O) groups is 1. The number of hydrogen-bond donors (Lipinski definition) is 4. The fourth-order valence-electron chi connectivity index (χ4n) is 2.33. The first-order valence-electron chi connectivity index (χ1n) is 7.78. The van der Waals surface area contributed by atoms with Crippen LogP contribution in [0.4, 0.5) is 4.79 Å². The van der Waals surface area contributed by atoms with E-state index in [9.17, 15) is 14.7 Å². The minimum Gasteiger partial charge on any atom is -0.393 e. The highest BCUT2D eigenvalue weighted by Gasteiger charge is 2.10. The Morgan fingerprint density at radius 3 is 2.74 bits per heavy atom.